The second kappa shape index (κ2) is 6.49. The van der Waals surface area contributed by atoms with E-state index in [0.717, 1.165) is 0 Å². The number of hydrogen-bond acceptors (Lipinski definition) is 5. The fraction of sp³-hybridized carbons (Fsp3) is 0.400. The summed E-state index contributed by atoms with van der Waals surface area (Å²) in [4.78, 5) is 30.7. The first-order chi connectivity index (χ1) is 10.0. The van der Waals surface area contributed by atoms with Gasteiger partial charge < -0.3 is 9.72 Å². The molecule has 1 aromatic carbocycles. The second-order valence-corrected chi connectivity index (χ2v) is 5.16. The first-order valence-electron chi connectivity index (χ1n) is 6.82. The summed E-state index contributed by atoms with van der Waals surface area (Å²) < 4.78 is 4.76. The summed E-state index contributed by atoms with van der Waals surface area (Å²) in [5.41, 5.74) is 0.453. The lowest BCUT2D eigenvalue weighted by molar-refractivity contribution is -0.144. The Morgan fingerprint density at radius 3 is 2.76 bits per heavy atom. The molecule has 0 amide bonds. The number of esters is 1. The molecule has 1 heterocycles. The quantitative estimate of drug-likeness (QED) is 0.808. The summed E-state index contributed by atoms with van der Waals surface area (Å²) in [6.07, 6.45) is 0. The lowest BCUT2D eigenvalue weighted by Crippen LogP contribution is -2.41. The van der Waals surface area contributed by atoms with Crippen LogP contribution in [-0.2, 0) is 16.1 Å². The van der Waals surface area contributed by atoms with Gasteiger partial charge in [-0.05, 0) is 18.1 Å². The highest BCUT2D eigenvalue weighted by Crippen LogP contribution is 2.07. The maximum Gasteiger partial charge on any atom is 0.323 e. The number of carbonyl (C=O) groups excluding carboxylic acids is 1. The molecule has 0 saturated carbocycles. The zero-order valence-electron chi connectivity index (χ0n) is 12.3. The molecule has 0 aliphatic heterocycles. The number of aromatic amines is 1. The first-order valence-corrected chi connectivity index (χ1v) is 6.82. The number of hydrogen-bond donors (Lipinski definition) is 2. The molecular weight excluding hydrogens is 270 g/mol. The van der Waals surface area contributed by atoms with E-state index in [1.54, 1.807) is 18.2 Å². The molecular formula is C15H19N3O3. The van der Waals surface area contributed by atoms with Crippen molar-refractivity contribution in [2.24, 2.45) is 5.92 Å². The van der Waals surface area contributed by atoms with Crippen LogP contribution >= 0.6 is 0 Å². The van der Waals surface area contributed by atoms with Gasteiger partial charge >= 0.3 is 5.97 Å². The Morgan fingerprint density at radius 2 is 2.10 bits per heavy atom. The van der Waals surface area contributed by atoms with Crippen LogP contribution < -0.4 is 10.9 Å². The summed E-state index contributed by atoms with van der Waals surface area (Å²) >= 11 is 0. The van der Waals surface area contributed by atoms with Crippen LogP contribution in [0.3, 0.4) is 0 Å². The van der Waals surface area contributed by atoms with E-state index in [2.05, 4.69) is 15.3 Å². The SMILES string of the molecule is COC(=O)C(NCc1nc2ccccc2c(=O)[nH]1)C(C)C. The molecule has 112 valence electrons. The Bertz CT molecular complexity index is 694. The van der Waals surface area contributed by atoms with Crippen molar-refractivity contribution in [3.63, 3.8) is 0 Å². The minimum Gasteiger partial charge on any atom is -0.468 e. The average Bonchev–Trinajstić information content (AvgIpc) is 2.47. The Morgan fingerprint density at radius 1 is 1.38 bits per heavy atom. The number of ether oxygens (including phenoxy) is 1. The minimum absolute atomic E-state index is 0.0737. The summed E-state index contributed by atoms with van der Waals surface area (Å²) in [5, 5.41) is 3.62. The molecule has 0 radical (unpaired) electrons. The van der Waals surface area contributed by atoms with Crippen molar-refractivity contribution < 1.29 is 9.53 Å². The van der Waals surface area contributed by atoms with Gasteiger partial charge in [-0.3, -0.25) is 14.9 Å². The standard InChI is InChI=1S/C15H19N3O3/c1-9(2)13(15(20)21-3)16-8-12-17-11-7-5-4-6-10(11)14(19)18-12/h4-7,9,13,16H,8H2,1-3H3,(H,17,18,19). The predicted octanol–water partition coefficient (Wildman–Crippen LogP) is 1.21. The highest BCUT2D eigenvalue weighted by Gasteiger charge is 2.22. The fourth-order valence-electron chi connectivity index (χ4n) is 2.14. The molecule has 6 nitrogen and oxygen atoms in total. The number of carbonyl (C=O) groups is 1. The van der Waals surface area contributed by atoms with Gasteiger partial charge in [-0.2, -0.15) is 0 Å². The van der Waals surface area contributed by atoms with Crippen LogP contribution in [0.15, 0.2) is 29.1 Å². The number of rotatable bonds is 5. The van der Waals surface area contributed by atoms with E-state index in [1.165, 1.54) is 7.11 Å². The topological polar surface area (TPSA) is 84.1 Å². The molecule has 0 aliphatic carbocycles. The molecule has 2 N–H and O–H groups in total. The van der Waals surface area contributed by atoms with Crippen LogP contribution in [0, 0.1) is 5.92 Å². The molecule has 0 saturated heterocycles. The zero-order valence-corrected chi connectivity index (χ0v) is 12.3. The fourth-order valence-corrected chi connectivity index (χ4v) is 2.14. The van der Waals surface area contributed by atoms with Gasteiger partial charge in [-0.25, -0.2) is 4.98 Å². The number of H-pyrrole nitrogens is 1. The highest BCUT2D eigenvalue weighted by molar-refractivity contribution is 5.77. The maximum absolute atomic E-state index is 12.0. The van der Waals surface area contributed by atoms with Gasteiger partial charge in [0.15, 0.2) is 0 Å². The molecule has 0 aliphatic rings. The van der Waals surface area contributed by atoms with Crippen LogP contribution in [-0.4, -0.2) is 29.1 Å². The normalized spacial score (nSPS) is 12.6. The van der Waals surface area contributed by atoms with Gasteiger partial charge in [-0.1, -0.05) is 26.0 Å². The second-order valence-electron chi connectivity index (χ2n) is 5.16. The third-order valence-electron chi connectivity index (χ3n) is 3.27. The third kappa shape index (κ3) is 3.46. The maximum atomic E-state index is 12.0. The lowest BCUT2D eigenvalue weighted by Gasteiger charge is -2.19. The number of methoxy groups -OCH3 is 1. The number of nitrogens with one attached hydrogen (secondary N) is 2. The highest BCUT2D eigenvalue weighted by atomic mass is 16.5. The van der Waals surface area contributed by atoms with Crippen molar-refractivity contribution in [2.45, 2.75) is 26.4 Å². The Hall–Kier alpha value is -2.21. The van der Waals surface area contributed by atoms with E-state index >= 15 is 0 Å². The molecule has 1 unspecified atom stereocenters. The Kier molecular flexibility index (Phi) is 4.70. The number of fused-ring (bicyclic) bond motifs is 1. The molecule has 6 heteroatoms. The van der Waals surface area contributed by atoms with Crippen molar-refractivity contribution >= 4 is 16.9 Å². The molecule has 2 rings (SSSR count). The van der Waals surface area contributed by atoms with Crippen LogP contribution in [0.4, 0.5) is 0 Å². The van der Waals surface area contributed by atoms with Gasteiger partial charge in [0.05, 0.1) is 24.6 Å². The zero-order chi connectivity index (χ0) is 15.4. The number of aromatic nitrogens is 2. The van der Waals surface area contributed by atoms with Crippen LogP contribution in [0.5, 0.6) is 0 Å². The third-order valence-corrected chi connectivity index (χ3v) is 3.27. The molecule has 0 fully saturated rings. The van der Waals surface area contributed by atoms with Gasteiger partial charge in [0, 0.05) is 0 Å². The summed E-state index contributed by atoms with van der Waals surface area (Å²) in [6.45, 7) is 4.13. The lowest BCUT2D eigenvalue weighted by atomic mass is 10.0. The van der Waals surface area contributed by atoms with E-state index in [9.17, 15) is 9.59 Å². The van der Waals surface area contributed by atoms with Crippen molar-refractivity contribution in [2.75, 3.05) is 7.11 Å². The summed E-state index contributed by atoms with van der Waals surface area (Å²) in [5.74, 6) is 0.242. The smallest absolute Gasteiger partial charge is 0.323 e. The summed E-state index contributed by atoms with van der Waals surface area (Å²) in [6, 6.07) is 6.70. The van der Waals surface area contributed by atoms with Gasteiger partial charge in [0.2, 0.25) is 0 Å². The van der Waals surface area contributed by atoms with Crippen molar-refractivity contribution in [3.8, 4) is 0 Å². The van der Waals surface area contributed by atoms with E-state index in [-0.39, 0.29) is 24.0 Å². The molecule has 0 spiro atoms. The van der Waals surface area contributed by atoms with Crippen molar-refractivity contribution in [1.29, 1.82) is 0 Å². The van der Waals surface area contributed by atoms with Gasteiger partial charge in [-0.15, -0.1) is 0 Å². The number of nitrogens with zero attached hydrogens (tertiary/aromatic N) is 1. The van der Waals surface area contributed by atoms with Crippen molar-refractivity contribution in [3.05, 3.63) is 40.4 Å². The monoisotopic (exact) mass is 289 g/mol. The number of benzene rings is 1. The molecule has 1 atom stereocenters. The van der Waals surface area contributed by atoms with E-state index in [0.29, 0.717) is 16.7 Å². The van der Waals surface area contributed by atoms with E-state index < -0.39 is 6.04 Å². The van der Waals surface area contributed by atoms with Gasteiger partial charge in [0.25, 0.3) is 5.56 Å². The largest absolute Gasteiger partial charge is 0.468 e. The Balaban J connectivity index is 2.20. The van der Waals surface area contributed by atoms with Crippen LogP contribution in [0.2, 0.25) is 0 Å². The molecule has 2 aromatic rings. The van der Waals surface area contributed by atoms with Crippen molar-refractivity contribution in [1.82, 2.24) is 15.3 Å². The molecule has 1 aromatic heterocycles. The number of para-hydroxylation sites is 1. The first kappa shape index (κ1) is 15.2. The van der Waals surface area contributed by atoms with Crippen LogP contribution in [0.1, 0.15) is 19.7 Å². The van der Waals surface area contributed by atoms with E-state index in [1.807, 2.05) is 19.9 Å². The minimum atomic E-state index is -0.438. The molecule has 0 bridgehead atoms. The van der Waals surface area contributed by atoms with E-state index in [4.69, 9.17) is 4.74 Å². The predicted molar refractivity (Wildman–Crippen MR) is 79.8 cm³/mol. The van der Waals surface area contributed by atoms with Gasteiger partial charge in [0.1, 0.15) is 11.9 Å². The Labute approximate surface area is 122 Å². The van der Waals surface area contributed by atoms with Crippen LogP contribution in [0.25, 0.3) is 10.9 Å². The average molecular weight is 289 g/mol. The summed E-state index contributed by atoms with van der Waals surface area (Å²) in [7, 11) is 1.36. The molecule has 21 heavy (non-hydrogen) atoms.